The van der Waals surface area contributed by atoms with Crippen LogP contribution in [0.25, 0.3) is 0 Å². The van der Waals surface area contributed by atoms with Gasteiger partial charge in [-0.2, -0.15) is 5.26 Å². The number of allylic oxidation sites excluding steroid dienone is 1. The maximum absolute atomic E-state index is 11.4. The van der Waals surface area contributed by atoms with Crippen LogP contribution in [0.2, 0.25) is 0 Å². The van der Waals surface area contributed by atoms with Gasteiger partial charge in [-0.05, 0) is 32.6 Å². The molecule has 0 heterocycles. The van der Waals surface area contributed by atoms with Crippen LogP contribution in [0.3, 0.4) is 0 Å². The zero-order valence-electron chi connectivity index (χ0n) is 7.84. The number of nitrogens with zero attached hydrogens (tertiary/aromatic N) is 1. The highest BCUT2D eigenvalue weighted by atomic mass is 16.1. The normalized spacial score (nSPS) is 18.3. The van der Waals surface area contributed by atoms with Crippen LogP contribution in [0, 0.1) is 11.3 Å². The smallest absolute Gasteiger partial charge is 0.247 e. The lowest BCUT2D eigenvalue weighted by Crippen LogP contribution is -2.32. The van der Waals surface area contributed by atoms with Crippen molar-refractivity contribution in [3.63, 3.8) is 0 Å². The molecule has 3 nitrogen and oxygen atoms in total. The van der Waals surface area contributed by atoms with Gasteiger partial charge in [0, 0.05) is 5.57 Å². The van der Waals surface area contributed by atoms with Gasteiger partial charge in [0.1, 0.15) is 6.04 Å². The Labute approximate surface area is 78.4 Å². The van der Waals surface area contributed by atoms with E-state index in [0.29, 0.717) is 0 Å². The van der Waals surface area contributed by atoms with Crippen molar-refractivity contribution in [2.75, 3.05) is 0 Å². The lowest BCUT2D eigenvalue weighted by atomic mass is 9.99. The Balaban J connectivity index is 2.48. The second kappa shape index (κ2) is 4.66. The van der Waals surface area contributed by atoms with Crippen LogP contribution >= 0.6 is 0 Å². The fourth-order valence-corrected chi connectivity index (χ4v) is 1.37. The summed E-state index contributed by atoms with van der Waals surface area (Å²) in [6.45, 7) is 1.68. The molecule has 0 aliphatic heterocycles. The summed E-state index contributed by atoms with van der Waals surface area (Å²) in [7, 11) is 0. The maximum atomic E-state index is 11.4. The number of carbonyl (C=O) groups excluding carboxylic acids is 1. The predicted octanol–water partition coefficient (Wildman–Crippen LogP) is 1.52. The number of hydrogen-bond donors (Lipinski definition) is 1. The van der Waals surface area contributed by atoms with Gasteiger partial charge in [-0.3, -0.25) is 4.79 Å². The zero-order chi connectivity index (χ0) is 9.68. The molecule has 1 aliphatic rings. The van der Waals surface area contributed by atoms with Gasteiger partial charge < -0.3 is 5.32 Å². The Bertz CT molecular complexity index is 263. The third-order valence-corrected chi connectivity index (χ3v) is 2.12. The van der Waals surface area contributed by atoms with Crippen molar-refractivity contribution in [3.05, 3.63) is 11.6 Å². The van der Waals surface area contributed by atoms with E-state index in [-0.39, 0.29) is 5.91 Å². The summed E-state index contributed by atoms with van der Waals surface area (Å²) < 4.78 is 0. The molecule has 0 aromatic rings. The van der Waals surface area contributed by atoms with Gasteiger partial charge in [0.25, 0.3) is 0 Å². The first-order valence-corrected chi connectivity index (χ1v) is 4.63. The van der Waals surface area contributed by atoms with E-state index >= 15 is 0 Å². The van der Waals surface area contributed by atoms with Gasteiger partial charge >= 0.3 is 0 Å². The highest BCUT2D eigenvalue weighted by Crippen LogP contribution is 2.17. The van der Waals surface area contributed by atoms with Gasteiger partial charge in [-0.25, -0.2) is 0 Å². The van der Waals surface area contributed by atoms with Gasteiger partial charge in [-0.15, -0.1) is 0 Å². The molecular weight excluding hydrogens is 164 g/mol. The SMILES string of the molecule is C[C@@H](C#N)NC(=O)C1=CCCCC1. The fourth-order valence-electron chi connectivity index (χ4n) is 1.37. The van der Waals surface area contributed by atoms with Crippen LogP contribution in [0.4, 0.5) is 0 Å². The summed E-state index contributed by atoms with van der Waals surface area (Å²) >= 11 is 0. The minimum absolute atomic E-state index is 0.0752. The standard InChI is InChI=1S/C10H14N2O/c1-8(7-11)12-10(13)9-5-3-2-4-6-9/h5,8H,2-4,6H2,1H3,(H,12,13)/t8-/m0/s1. The van der Waals surface area contributed by atoms with E-state index in [1.54, 1.807) is 6.92 Å². The number of rotatable bonds is 2. The predicted molar refractivity (Wildman–Crippen MR) is 49.8 cm³/mol. The summed E-state index contributed by atoms with van der Waals surface area (Å²) in [4.78, 5) is 11.4. The minimum Gasteiger partial charge on any atom is -0.337 e. The highest BCUT2D eigenvalue weighted by molar-refractivity contribution is 5.93. The van der Waals surface area contributed by atoms with E-state index in [2.05, 4.69) is 5.32 Å². The summed E-state index contributed by atoms with van der Waals surface area (Å²) in [6.07, 6.45) is 6.07. The minimum atomic E-state index is -0.393. The third kappa shape index (κ3) is 2.90. The van der Waals surface area contributed by atoms with Crippen molar-refractivity contribution in [1.82, 2.24) is 5.32 Å². The fraction of sp³-hybridized carbons (Fsp3) is 0.600. The molecule has 0 spiro atoms. The third-order valence-electron chi connectivity index (χ3n) is 2.12. The lowest BCUT2D eigenvalue weighted by molar-refractivity contribution is -0.118. The largest absolute Gasteiger partial charge is 0.337 e. The lowest BCUT2D eigenvalue weighted by Gasteiger charge is -2.13. The molecule has 13 heavy (non-hydrogen) atoms. The summed E-state index contributed by atoms with van der Waals surface area (Å²) in [5, 5.41) is 11.1. The van der Waals surface area contributed by atoms with Crippen LogP contribution in [-0.4, -0.2) is 11.9 Å². The van der Waals surface area contributed by atoms with Crippen LogP contribution in [0.15, 0.2) is 11.6 Å². The van der Waals surface area contributed by atoms with Crippen molar-refractivity contribution in [3.8, 4) is 6.07 Å². The Kier molecular flexibility index (Phi) is 3.51. The average Bonchev–Trinajstić information content (AvgIpc) is 2.19. The molecule has 1 atom stereocenters. The summed E-state index contributed by atoms with van der Waals surface area (Å²) in [5.41, 5.74) is 0.841. The van der Waals surface area contributed by atoms with Gasteiger partial charge in [0.2, 0.25) is 5.91 Å². The van der Waals surface area contributed by atoms with E-state index in [4.69, 9.17) is 5.26 Å². The molecule has 0 fully saturated rings. The van der Waals surface area contributed by atoms with E-state index in [1.165, 1.54) is 6.42 Å². The average molecular weight is 178 g/mol. The first-order valence-electron chi connectivity index (χ1n) is 4.63. The van der Waals surface area contributed by atoms with Crippen LogP contribution in [0.5, 0.6) is 0 Å². The quantitative estimate of drug-likeness (QED) is 0.697. The van der Waals surface area contributed by atoms with Crippen molar-refractivity contribution < 1.29 is 4.79 Å². The molecule has 0 saturated carbocycles. The van der Waals surface area contributed by atoms with Crippen LogP contribution in [0.1, 0.15) is 32.6 Å². The summed E-state index contributed by atoms with van der Waals surface area (Å²) in [6, 6.07) is 1.58. The van der Waals surface area contributed by atoms with Gasteiger partial charge in [0.15, 0.2) is 0 Å². The Hall–Kier alpha value is -1.30. The second-order valence-electron chi connectivity index (χ2n) is 3.30. The molecule has 1 rings (SSSR count). The van der Waals surface area contributed by atoms with Crippen molar-refractivity contribution in [2.24, 2.45) is 0 Å². The molecule has 1 aliphatic carbocycles. The number of nitriles is 1. The van der Waals surface area contributed by atoms with Crippen LogP contribution in [-0.2, 0) is 4.79 Å². The molecule has 1 N–H and O–H groups in total. The molecule has 0 saturated heterocycles. The zero-order valence-corrected chi connectivity index (χ0v) is 7.84. The van der Waals surface area contributed by atoms with Crippen molar-refractivity contribution in [1.29, 1.82) is 5.26 Å². The van der Waals surface area contributed by atoms with E-state index in [9.17, 15) is 4.79 Å². The summed E-state index contributed by atoms with van der Waals surface area (Å²) in [5.74, 6) is -0.0752. The van der Waals surface area contributed by atoms with Crippen molar-refractivity contribution in [2.45, 2.75) is 38.6 Å². The second-order valence-corrected chi connectivity index (χ2v) is 3.30. The number of carbonyl (C=O) groups is 1. The molecular formula is C10H14N2O. The van der Waals surface area contributed by atoms with Gasteiger partial charge in [-0.1, -0.05) is 6.08 Å². The molecule has 70 valence electrons. The molecule has 0 aromatic carbocycles. The topological polar surface area (TPSA) is 52.9 Å². The molecule has 0 aromatic heterocycles. The van der Waals surface area contributed by atoms with Crippen molar-refractivity contribution >= 4 is 5.91 Å². The Morgan fingerprint density at radius 1 is 1.69 bits per heavy atom. The van der Waals surface area contributed by atoms with E-state index in [0.717, 1.165) is 24.8 Å². The molecule has 0 radical (unpaired) electrons. The molecule has 0 bridgehead atoms. The van der Waals surface area contributed by atoms with Gasteiger partial charge in [0.05, 0.1) is 6.07 Å². The van der Waals surface area contributed by atoms with E-state index < -0.39 is 6.04 Å². The highest BCUT2D eigenvalue weighted by Gasteiger charge is 2.13. The maximum Gasteiger partial charge on any atom is 0.247 e. The first-order chi connectivity index (χ1) is 6.24. The molecule has 3 heteroatoms. The molecule has 1 amide bonds. The number of hydrogen-bond acceptors (Lipinski definition) is 2. The van der Waals surface area contributed by atoms with E-state index in [1.807, 2.05) is 12.1 Å². The monoisotopic (exact) mass is 178 g/mol. The number of amides is 1. The Morgan fingerprint density at radius 2 is 2.46 bits per heavy atom. The van der Waals surface area contributed by atoms with Crippen LogP contribution < -0.4 is 5.32 Å². The number of nitrogens with one attached hydrogen (secondary N) is 1. The first kappa shape index (κ1) is 9.79. The molecule has 0 unspecified atom stereocenters. The Morgan fingerprint density at radius 3 is 3.00 bits per heavy atom.